The molecule has 0 bridgehead atoms. The highest BCUT2D eigenvalue weighted by molar-refractivity contribution is 8.19. The Bertz CT molecular complexity index is 529. The van der Waals surface area contributed by atoms with E-state index < -0.39 is 0 Å². The number of hydrogen-bond donors (Lipinski definition) is 2. The van der Waals surface area contributed by atoms with Crippen LogP contribution in [-0.4, -0.2) is 43.1 Å². The van der Waals surface area contributed by atoms with Gasteiger partial charge in [0, 0.05) is 30.0 Å². The molecule has 2 aliphatic heterocycles. The van der Waals surface area contributed by atoms with Gasteiger partial charge in [-0.25, -0.2) is 0 Å². The fraction of sp³-hybridized carbons (Fsp3) is 0.632. The summed E-state index contributed by atoms with van der Waals surface area (Å²) in [4.78, 5) is 14.0. The highest BCUT2D eigenvalue weighted by Crippen LogP contribution is 2.45. The molecule has 5 heteroatoms. The predicted molar refractivity (Wildman–Crippen MR) is 105 cm³/mol. The normalized spacial score (nSPS) is 24.9. The van der Waals surface area contributed by atoms with Crippen molar-refractivity contribution < 1.29 is 9.69 Å². The van der Waals surface area contributed by atoms with Gasteiger partial charge < -0.3 is 10.2 Å². The Hall–Kier alpha value is -0.650. The Morgan fingerprint density at radius 3 is 2.67 bits per heavy atom. The van der Waals surface area contributed by atoms with Crippen LogP contribution in [0.3, 0.4) is 0 Å². The first-order valence-electron chi connectivity index (χ1n) is 9.20. The molecule has 24 heavy (non-hydrogen) atoms. The number of nitrogens with one attached hydrogen (secondary N) is 2. The third-order valence-corrected chi connectivity index (χ3v) is 8.21. The molecule has 2 heterocycles. The van der Waals surface area contributed by atoms with Crippen LogP contribution in [0.5, 0.6) is 0 Å². The van der Waals surface area contributed by atoms with Crippen LogP contribution in [0.1, 0.15) is 53.1 Å². The van der Waals surface area contributed by atoms with Gasteiger partial charge in [0.2, 0.25) is 0 Å². The fourth-order valence-electron chi connectivity index (χ4n) is 3.59. The van der Waals surface area contributed by atoms with Gasteiger partial charge in [-0.15, -0.1) is 23.5 Å². The molecule has 1 amide bonds. The molecule has 2 saturated heterocycles. The van der Waals surface area contributed by atoms with E-state index in [0.717, 1.165) is 24.6 Å². The number of quaternary nitrogens is 1. The van der Waals surface area contributed by atoms with E-state index in [1.807, 2.05) is 35.7 Å². The molecule has 0 aromatic heterocycles. The van der Waals surface area contributed by atoms with Crippen molar-refractivity contribution in [3.63, 3.8) is 0 Å². The Labute approximate surface area is 154 Å². The predicted octanol–water partition coefficient (Wildman–Crippen LogP) is 2.74. The molecule has 2 atom stereocenters. The van der Waals surface area contributed by atoms with E-state index >= 15 is 0 Å². The zero-order valence-electron chi connectivity index (χ0n) is 14.6. The van der Waals surface area contributed by atoms with Crippen molar-refractivity contribution >= 4 is 29.4 Å². The average molecular weight is 366 g/mol. The number of carbonyl (C=O) groups is 1. The van der Waals surface area contributed by atoms with E-state index in [0.29, 0.717) is 4.58 Å². The van der Waals surface area contributed by atoms with Crippen molar-refractivity contribution in [1.82, 2.24) is 5.32 Å². The maximum Gasteiger partial charge on any atom is 0.251 e. The lowest BCUT2D eigenvalue weighted by Gasteiger charge is -2.30. The summed E-state index contributed by atoms with van der Waals surface area (Å²) in [5.74, 6) is 2.53. The summed E-state index contributed by atoms with van der Waals surface area (Å²) in [5, 5.41) is 3.08. The Kier molecular flexibility index (Phi) is 6.93. The molecular weight excluding hydrogens is 336 g/mol. The smallest absolute Gasteiger partial charge is 0.251 e. The number of thioether (sulfide) groups is 2. The van der Waals surface area contributed by atoms with E-state index in [1.54, 1.807) is 4.90 Å². The molecule has 3 rings (SSSR count). The molecule has 3 nitrogen and oxygen atoms in total. The van der Waals surface area contributed by atoms with E-state index in [9.17, 15) is 4.79 Å². The van der Waals surface area contributed by atoms with Crippen LogP contribution in [-0.2, 0) is 0 Å². The van der Waals surface area contributed by atoms with E-state index in [1.165, 1.54) is 49.4 Å². The highest BCUT2D eigenvalue weighted by atomic mass is 32.2. The molecule has 1 unspecified atom stereocenters. The number of benzene rings is 1. The summed E-state index contributed by atoms with van der Waals surface area (Å²) in [7, 11) is 0. The molecule has 2 aliphatic rings. The molecule has 2 fully saturated rings. The summed E-state index contributed by atoms with van der Waals surface area (Å²) in [6.07, 6.45) is 5.16. The van der Waals surface area contributed by atoms with Crippen LogP contribution >= 0.6 is 23.5 Å². The second-order valence-electron chi connectivity index (χ2n) is 6.86. The number of piperidine rings is 1. The first-order valence-corrected chi connectivity index (χ1v) is 11.3. The molecule has 0 aliphatic carbocycles. The molecule has 1 aromatic carbocycles. The van der Waals surface area contributed by atoms with Gasteiger partial charge in [-0.1, -0.05) is 12.1 Å². The van der Waals surface area contributed by atoms with E-state index in [2.05, 4.69) is 24.4 Å². The van der Waals surface area contributed by atoms with Gasteiger partial charge in [0.25, 0.3) is 5.91 Å². The lowest BCUT2D eigenvalue weighted by Crippen LogP contribution is -3.16. The van der Waals surface area contributed by atoms with Gasteiger partial charge in [0.05, 0.1) is 23.7 Å². The third-order valence-electron chi connectivity index (χ3n) is 5.11. The summed E-state index contributed by atoms with van der Waals surface area (Å²) in [6, 6.07) is 8.97. The number of likely N-dealkylation sites (tertiary alicyclic amines) is 1. The zero-order valence-corrected chi connectivity index (χ0v) is 16.2. The number of carbonyl (C=O) groups excluding carboxylic acids is 1. The number of hydrogen-bond acceptors (Lipinski definition) is 3. The summed E-state index contributed by atoms with van der Waals surface area (Å²) in [5.41, 5.74) is 2.12. The van der Waals surface area contributed by atoms with Crippen LogP contribution in [0.4, 0.5) is 0 Å². The lowest BCUT2D eigenvalue weighted by atomic mass is 10.0. The molecule has 0 spiro atoms. The lowest BCUT2D eigenvalue weighted by molar-refractivity contribution is -0.928. The van der Waals surface area contributed by atoms with Crippen molar-refractivity contribution in [2.45, 2.75) is 43.2 Å². The quantitative estimate of drug-likeness (QED) is 0.761. The van der Waals surface area contributed by atoms with Gasteiger partial charge in [-0.05, 0) is 43.9 Å². The van der Waals surface area contributed by atoms with Crippen LogP contribution in [0.15, 0.2) is 24.3 Å². The summed E-state index contributed by atoms with van der Waals surface area (Å²) < 4.78 is 0.552. The summed E-state index contributed by atoms with van der Waals surface area (Å²) in [6.45, 7) is 5.62. The minimum Gasteiger partial charge on any atom is -0.352 e. The molecule has 1 aromatic rings. The van der Waals surface area contributed by atoms with E-state index in [-0.39, 0.29) is 5.91 Å². The van der Waals surface area contributed by atoms with Crippen LogP contribution < -0.4 is 10.2 Å². The SMILES string of the molecule is C[C@H]1CCCC[NH+]1CCCNC(=O)c1ccc(C2SCCS2)cc1. The molecule has 0 saturated carbocycles. The second-order valence-corrected chi connectivity index (χ2v) is 9.58. The van der Waals surface area contributed by atoms with E-state index in [4.69, 9.17) is 0 Å². The highest BCUT2D eigenvalue weighted by Gasteiger charge is 2.21. The maximum absolute atomic E-state index is 12.3. The third kappa shape index (κ3) is 4.93. The first kappa shape index (κ1) is 18.2. The maximum atomic E-state index is 12.3. The second kappa shape index (κ2) is 9.16. The number of amides is 1. The standard InChI is InChI=1S/C19H28N2OS2/c1-15-5-2-3-11-21(15)12-4-10-20-18(22)16-6-8-17(9-7-16)19-23-13-14-24-19/h6-9,15,19H,2-5,10-14H2,1H3,(H,20,22)/p+1/t15-/m0/s1. The largest absolute Gasteiger partial charge is 0.352 e. The fourth-order valence-corrected chi connectivity index (χ4v) is 6.45. The van der Waals surface area contributed by atoms with Crippen molar-refractivity contribution in [2.75, 3.05) is 31.1 Å². The number of rotatable bonds is 6. The Balaban J connectivity index is 1.40. The minimum atomic E-state index is 0.0648. The van der Waals surface area contributed by atoms with Crippen molar-refractivity contribution in [2.24, 2.45) is 0 Å². The Morgan fingerprint density at radius 2 is 1.96 bits per heavy atom. The van der Waals surface area contributed by atoms with Crippen LogP contribution in [0.25, 0.3) is 0 Å². The van der Waals surface area contributed by atoms with Gasteiger partial charge in [-0.2, -0.15) is 0 Å². The van der Waals surface area contributed by atoms with Gasteiger partial charge in [0.1, 0.15) is 0 Å². The average Bonchev–Trinajstić information content (AvgIpc) is 3.15. The van der Waals surface area contributed by atoms with Crippen molar-refractivity contribution in [3.8, 4) is 0 Å². The molecule has 132 valence electrons. The first-order chi connectivity index (χ1) is 11.7. The van der Waals surface area contributed by atoms with Crippen LogP contribution in [0.2, 0.25) is 0 Å². The molecule has 0 radical (unpaired) electrons. The topological polar surface area (TPSA) is 33.5 Å². The zero-order chi connectivity index (χ0) is 16.8. The Morgan fingerprint density at radius 1 is 1.21 bits per heavy atom. The van der Waals surface area contributed by atoms with Gasteiger partial charge >= 0.3 is 0 Å². The minimum absolute atomic E-state index is 0.0648. The van der Waals surface area contributed by atoms with Crippen molar-refractivity contribution in [1.29, 1.82) is 0 Å². The monoisotopic (exact) mass is 365 g/mol. The van der Waals surface area contributed by atoms with Crippen molar-refractivity contribution in [3.05, 3.63) is 35.4 Å². The molecule has 2 N–H and O–H groups in total. The van der Waals surface area contributed by atoms with Gasteiger partial charge in [-0.3, -0.25) is 4.79 Å². The molecular formula is C19H29N2OS2+. The van der Waals surface area contributed by atoms with Crippen LogP contribution in [0, 0.1) is 0 Å². The summed E-state index contributed by atoms with van der Waals surface area (Å²) >= 11 is 4.00. The van der Waals surface area contributed by atoms with Gasteiger partial charge in [0.15, 0.2) is 0 Å².